The number of hydrogen-bond acceptors (Lipinski definition) is 2. The molecule has 0 aromatic heterocycles. The van der Waals surface area contributed by atoms with Gasteiger partial charge in [-0.3, -0.25) is 0 Å². The van der Waals surface area contributed by atoms with Gasteiger partial charge in [-0.1, -0.05) is 19.1 Å². The SMILES string of the molecule is C/C=C/CCNC(C#N)CC. The van der Waals surface area contributed by atoms with Crippen LogP contribution in [0.4, 0.5) is 0 Å². The van der Waals surface area contributed by atoms with E-state index in [-0.39, 0.29) is 6.04 Å². The topological polar surface area (TPSA) is 35.8 Å². The minimum atomic E-state index is 0.0280. The molecule has 0 radical (unpaired) electrons. The average Bonchev–Trinajstić information content (AvgIpc) is 2.05. The lowest BCUT2D eigenvalue weighted by Crippen LogP contribution is -2.27. The smallest absolute Gasteiger partial charge is 0.0950 e. The van der Waals surface area contributed by atoms with Crippen LogP contribution in [-0.4, -0.2) is 12.6 Å². The molecule has 0 aromatic rings. The van der Waals surface area contributed by atoms with Crippen LogP contribution in [0.15, 0.2) is 12.2 Å². The van der Waals surface area contributed by atoms with E-state index in [2.05, 4.69) is 17.5 Å². The van der Waals surface area contributed by atoms with Gasteiger partial charge in [0.1, 0.15) is 0 Å². The minimum absolute atomic E-state index is 0.0280. The van der Waals surface area contributed by atoms with Crippen LogP contribution in [0.1, 0.15) is 26.7 Å². The molecule has 0 aromatic carbocycles. The Morgan fingerprint density at radius 3 is 2.82 bits per heavy atom. The van der Waals surface area contributed by atoms with E-state index in [4.69, 9.17) is 5.26 Å². The summed E-state index contributed by atoms with van der Waals surface area (Å²) in [5, 5.41) is 11.7. The Morgan fingerprint density at radius 2 is 2.36 bits per heavy atom. The molecule has 2 heteroatoms. The summed E-state index contributed by atoms with van der Waals surface area (Å²) in [6.45, 7) is 4.91. The predicted octanol–water partition coefficient (Wildman–Crippen LogP) is 1.84. The van der Waals surface area contributed by atoms with Gasteiger partial charge in [0.2, 0.25) is 0 Å². The van der Waals surface area contributed by atoms with E-state index in [1.54, 1.807) is 0 Å². The molecule has 0 rings (SSSR count). The summed E-state index contributed by atoms with van der Waals surface area (Å²) in [4.78, 5) is 0. The molecular weight excluding hydrogens is 136 g/mol. The molecule has 0 aliphatic carbocycles. The summed E-state index contributed by atoms with van der Waals surface area (Å²) in [6.07, 6.45) is 6.01. The number of nitriles is 1. The van der Waals surface area contributed by atoms with Gasteiger partial charge in [0, 0.05) is 0 Å². The quantitative estimate of drug-likeness (QED) is 0.482. The Hall–Kier alpha value is -0.810. The summed E-state index contributed by atoms with van der Waals surface area (Å²) in [7, 11) is 0. The van der Waals surface area contributed by atoms with Crippen molar-refractivity contribution < 1.29 is 0 Å². The minimum Gasteiger partial charge on any atom is -0.302 e. The number of allylic oxidation sites excluding steroid dienone is 1. The standard InChI is InChI=1S/C9H16N2/c1-3-5-6-7-11-9(4-2)8-10/h3,5,9,11H,4,6-7H2,1-2H3/b5-3+. The summed E-state index contributed by atoms with van der Waals surface area (Å²) in [5.74, 6) is 0. The predicted molar refractivity (Wildman–Crippen MR) is 47.1 cm³/mol. The van der Waals surface area contributed by atoms with E-state index in [0.29, 0.717) is 0 Å². The Labute approximate surface area is 68.9 Å². The summed E-state index contributed by atoms with van der Waals surface area (Å²) < 4.78 is 0. The van der Waals surface area contributed by atoms with E-state index in [0.717, 1.165) is 19.4 Å². The Kier molecular flexibility index (Phi) is 6.76. The Morgan fingerprint density at radius 1 is 1.64 bits per heavy atom. The molecule has 62 valence electrons. The molecule has 1 unspecified atom stereocenters. The highest BCUT2D eigenvalue weighted by molar-refractivity contribution is 4.89. The summed E-state index contributed by atoms with van der Waals surface area (Å²) in [5.41, 5.74) is 0. The molecule has 2 nitrogen and oxygen atoms in total. The first-order chi connectivity index (χ1) is 5.35. The normalized spacial score (nSPS) is 13.2. The van der Waals surface area contributed by atoms with E-state index < -0.39 is 0 Å². The van der Waals surface area contributed by atoms with Crippen LogP contribution >= 0.6 is 0 Å². The second kappa shape index (κ2) is 7.30. The van der Waals surface area contributed by atoms with Crippen molar-refractivity contribution in [1.29, 1.82) is 5.26 Å². The molecule has 0 bridgehead atoms. The third kappa shape index (κ3) is 5.63. The van der Waals surface area contributed by atoms with Crippen LogP contribution in [-0.2, 0) is 0 Å². The van der Waals surface area contributed by atoms with Crippen LogP contribution in [0.25, 0.3) is 0 Å². The van der Waals surface area contributed by atoms with Gasteiger partial charge >= 0.3 is 0 Å². The molecule has 0 heterocycles. The lowest BCUT2D eigenvalue weighted by atomic mass is 10.2. The maximum Gasteiger partial charge on any atom is 0.0950 e. The monoisotopic (exact) mass is 152 g/mol. The Balaban J connectivity index is 3.30. The zero-order chi connectivity index (χ0) is 8.53. The molecule has 0 spiro atoms. The third-order valence-corrected chi connectivity index (χ3v) is 1.50. The highest BCUT2D eigenvalue weighted by Crippen LogP contribution is 1.88. The maximum absolute atomic E-state index is 8.55. The van der Waals surface area contributed by atoms with Gasteiger partial charge < -0.3 is 5.32 Å². The van der Waals surface area contributed by atoms with Crippen molar-refractivity contribution in [3.63, 3.8) is 0 Å². The summed E-state index contributed by atoms with van der Waals surface area (Å²) in [6, 6.07) is 2.22. The van der Waals surface area contributed by atoms with E-state index in [9.17, 15) is 0 Å². The van der Waals surface area contributed by atoms with Gasteiger partial charge in [-0.15, -0.1) is 0 Å². The van der Waals surface area contributed by atoms with Gasteiger partial charge in [0.05, 0.1) is 12.1 Å². The molecule has 0 fully saturated rings. The van der Waals surface area contributed by atoms with Crippen molar-refractivity contribution in [3.05, 3.63) is 12.2 Å². The molecule has 0 amide bonds. The third-order valence-electron chi connectivity index (χ3n) is 1.50. The molecule has 0 aliphatic heterocycles. The van der Waals surface area contributed by atoms with E-state index in [1.807, 2.05) is 19.9 Å². The van der Waals surface area contributed by atoms with Crippen molar-refractivity contribution >= 4 is 0 Å². The second-order valence-electron chi connectivity index (χ2n) is 2.40. The van der Waals surface area contributed by atoms with Crippen molar-refractivity contribution in [3.8, 4) is 6.07 Å². The highest BCUT2D eigenvalue weighted by atomic mass is 14.9. The first-order valence-corrected chi connectivity index (χ1v) is 4.09. The molecule has 0 saturated carbocycles. The second-order valence-corrected chi connectivity index (χ2v) is 2.40. The summed E-state index contributed by atoms with van der Waals surface area (Å²) >= 11 is 0. The fourth-order valence-electron chi connectivity index (χ4n) is 0.789. The average molecular weight is 152 g/mol. The van der Waals surface area contributed by atoms with Crippen LogP contribution in [0.5, 0.6) is 0 Å². The first-order valence-electron chi connectivity index (χ1n) is 4.09. The Bertz CT molecular complexity index is 144. The fourth-order valence-corrected chi connectivity index (χ4v) is 0.789. The molecule has 0 saturated heterocycles. The number of rotatable bonds is 5. The highest BCUT2D eigenvalue weighted by Gasteiger charge is 1.99. The van der Waals surface area contributed by atoms with Crippen LogP contribution in [0.3, 0.4) is 0 Å². The van der Waals surface area contributed by atoms with Gasteiger partial charge in [-0.25, -0.2) is 0 Å². The van der Waals surface area contributed by atoms with Crippen molar-refractivity contribution in [1.82, 2.24) is 5.32 Å². The van der Waals surface area contributed by atoms with Crippen molar-refractivity contribution in [2.24, 2.45) is 0 Å². The van der Waals surface area contributed by atoms with Crippen molar-refractivity contribution in [2.45, 2.75) is 32.7 Å². The fraction of sp³-hybridized carbons (Fsp3) is 0.667. The number of nitrogens with zero attached hydrogens (tertiary/aromatic N) is 1. The zero-order valence-electron chi connectivity index (χ0n) is 7.30. The number of nitrogens with one attached hydrogen (secondary N) is 1. The van der Waals surface area contributed by atoms with Crippen LogP contribution < -0.4 is 5.32 Å². The largest absolute Gasteiger partial charge is 0.302 e. The van der Waals surface area contributed by atoms with Crippen molar-refractivity contribution in [2.75, 3.05) is 6.54 Å². The van der Waals surface area contributed by atoms with E-state index in [1.165, 1.54) is 0 Å². The lowest BCUT2D eigenvalue weighted by molar-refractivity contribution is 0.592. The molecule has 11 heavy (non-hydrogen) atoms. The van der Waals surface area contributed by atoms with Crippen LogP contribution in [0, 0.1) is 11.3 Å². The first kappa shape index (κ1) is 10.2. The van der Waals surface area contributed by atoms with Gasteiger partial charge in [-0.05, 0) is 26.3 Å². The van der Waals surface area contributed by atoms with Gasteiger partial charge in [0.15, 0.2) is 0 Å². The maximum atomic E-state index is 8.55. The van der Waals surface area contributed by atoms with E-state index >= 15 is 0 Å². The zero-order valence-corrected chi connectivity index (χ0v) is 7.30. The lowest BCUT2D eigenvalue weighted by Gasteiger charge is -2.06. The molecule has 1 N–H and O–H groups in total. The number of hydrogen-bond donors (Lipinski definition) is 1. The molecule has 1 atom stereocenters. The van der Waals surface area contributed by atoms with Gasteiger partial charge in [0.25, 0.3) is 0 Å². The van der Waals surface area contributed by atoms with Crippen LogP contribution in [0.2, 0.25) is 0 Å². The molecular formula is C9H16N2. The van der Waals surface area contributed by atoms with Gasteiger partial charge in [-0.2, -0.15) is 5.26 Å². The molecule has 0 aliphatic rings.